The summed E-state index contributed by atoms with van der Waals surface area (Å²) in [4.78, 5) is 21.5. The van der Waals surface area contributed by atoms with E-state index < -0.39 is 0 Å². The molecule has 0 amide bonds. The summed E-state index contributed by atoms with van der Waals surface area (Å²) in [5.41, 5.74) is 1.64. The molecule has 0 bridgehead atoms. The minimum atomic E-state index is -0.335. The van der Waals surface area contributed by atoms with Crippen molar-refractivity contribution >= 4 is 28.2 Å². The third kappa shape index (κ3) is 3.77. The van der Waals surface area contributed by atoms with Gasteiger partial charge in [0.05, 0.1) is 17.5 Å². The van der Waals surface area contributed by atoms with Crippen molar-refractivity contribution in [1.82, 2.24) is 0 Å². The molecule has 3 nitrogen and oxygen atoms in total. The van der Waals surface area contributed by atoms with Gasteiger partial charge < -0.3 is 9.53 Å². The van der Waals surface area contributed by atoms with E-state index in [-0.39, 0.29) is 10.8 Å². The minimum Gasteiger partial charge on any atom is -0.465 e. The Morgan fingerprint density at radius 1 is 1.44 bits per heavy atom. The molecule has 1 rings (SSSR count). The van der Waals surface area contributed by atoms with E-state index >= 15 is 0 Å². The van der Waals surface area contributed by atoms with Crippen molar-refractivity contribution in [2.24, 2.45) is 0 Å². The Kier molecular flexibility index (Phi) is 5.19. The number of aldehydes is 1. The van der Waals surface area contributed by atoms with Crippen LogP contribution >= 0.6 is 15.9 Å². The van der Waals surface area contributed by atoms with E-state index in [4.69, 9.17) is 0 Å². The molecule has 0 heterocycles. The summed E-state index contributed by atoms with van der Waals surface area (Å²) >= 11 is 3.24. The van der Waals surface area contributed by atoms with E-state index in [1.807, 2.05) is 12.1 Å². The molecule has 0 aliphatic heterocycles. The average Bonchev–Trinajstić information content (AvgIpc) is 2.35. The molecule has 0 fully saturated rings. The molecular weight excluding hydrogens is 272 g/mol. The molecule has 0 spiro atoms. The second-order valence-electron chi connectivity index (χ2n) is 3.38. The number of hydrogen-bond donors (Lipinski definition) is 0. The van der Waals surface area contributed by atoms with Gasteiger partial charge in [-0.1, -0.05) is 28.1 Å². The number of benzene rings is 1. The number of hydrogen-bond acceptors (Lipinski definition) is 3. The van der Waals surface area contributed by atoms with Crippen LogP contribution in [0, 0.1) is 0 Å². The molecule has 1 atom stereocenters. The number of alkyl halides is 1. The lowest BCUT2D eigenvalue weighted by Crippen LogP contribution is -2.03. The van der Waals surface area contributed by atoms with Crippen molar-refractivity contribution in [1.29, 1.82) is 0 Å². The summed E-state index contributed by atoms with van der Waals surface area (Å²) < 4.78 is 4.60. The van der Waals surface area contributed by atoms with E-state index in [1.54, 1.807) is 12.1 Å². The van der Waals surface area contributed by atoms with Gasteiger partial charge in [0, 0.05) is 0 Å². The first kappa shape index (κ1) is 12.9. The highest BCUT2D eigenvalue weighted by atomic mass is 79.9. The predicted molar refractivity (Wildman–Crippen MR) is 64.9 cm³/mol. The standard InChI is InChI=1S/C12H13BrO3/c1-16-12(15)10-5-2-9(3-6-10)4-7-11(13)8-14/h2-3,5-6,8,11H,4,7H2,1H3. The Bertz CT molecular complexity index is 359. The number of carbonyl (C=O) groups is 2. The maximum atomic E-state index is 11.2. The first-order valence-corrected chi connectivity index (χ1v) is 5.85. The van der Waals surface area contributed by atoms with Gasteiger partial charge >= 0.3 is 5.97 Å². The molecule has 86 valence electrons. The zero-order valence-corrected chi connectivity index (χ0v) is 10.6. The summed E-state index contributed by atoms with van der Waals surface area (Å²) in [6.45, 7) is 0. The van der Waals surface area contributed by atoms with Crippen molar-refractivity contribution in [3.63, 3.8) is 0 Å². The lowest BCUT2D eigenvalue weighted by atomic mass is 10.1. The molecule has 1 aromatic carbocycles. The van der Waals surface area contributed by atoms with Crippen molar-refractivity contribution in [2.45, 2.75) is 17.7 Å². The zero-order valence-electron chi connectivity index (χ0n) is 8.98. The average molecular weight is 285 g/mol. The van der Waals surface area contributed by atoms with Gasteiger partial charge in [0.15, 0.2) is 0 Å². The van der Waals surface area contributed by atoms with Gasteiger partial charge in [0.25, 0.3) is 0 Å². The maximum absolute atomic E-state index is 11.2. The summed E-state index contributed by atoms with van der Waals surface area (Å²) in [6, 6.07) is 7.20. The third-order valence-corrected chi connectivity index (χ3v) is 2.91. The Hall–Kier alpha value is -1.16. The molecule has 0 N–H and O–H groups in total. The highest BCUT2D eigenvalue weighted by Crippen LogP contribution is 2.11. The van der Waals surface area contributed by atoms with E-state index in [1.165, 1.54) is 7.11 Å². The Labute approximate surface area is 103 Å². The van der Waals surface area contributed by atoms with E-state index in [9.17, 15) is 9.59 Å². The van der Waals surface area contributed by atoms with Crippen molar-refractivity contribution in [3.8, 4) is 0 Å². The van der Waals surface area contributed by atoms with Crippen LogP contribution in [0.25, 0.3) is 0 Å². The quantitative estimate of drug-likeness (QED) is 0.474. The van der Waals surface area contributed by atoms with Crippen LogP contribution in [0.5, 0.6) is 0 Å². The van der Waals surface area contributed by atoms with Gasteiger partial charge in [0.1, 0.15) is 6.29 Å². The summed E-state index contributed by atoms with van der Waals surface area (Å²) in [7, 11) is 1.36. The van der Waals surface area contributed by atoms with Gasteiger partial charge in [-0.3, -0.25) is 0 Å². The van der Waals surface area contributed by atoms with Gasteiger partial charge in [-0.2, -0.15) is 0 Å². The number of methoxy groups -OCH3 is 1. The number of aryl methyl sites for hydroxylation is 1. The summed E-state index contributed by atoms with van der Waals surface area (Å²) in [5.74, 6) is -0.335. The minimum absolute atomic E-state index is 0.104. The molecule has 0 aliphatic rings. The summed E-state index contributed by atoms with van der Waals surface area (Å²) in [6.07, 6.45) is 2.43. The van der Waals surface area contributed by atoms with E-state index in [0.717, 1.165) is 24.7 Å². The normalized spacial score (nSPS) is 11.9. The zero-order chi connectivity index (χ0) is 12.0. The Balaban J connectivity index is 2.58. The lowest BCUT2D eigenvalue weighted by Gasteiger charge is -2.04. The van der Waals surface area contributed by atoms with Crippen LogP contribution in [-0.2, 0) is 16.0 Å². The van der Waals surface area contributed by atoms with Gasteiger partial charge in [-0.15, -0.1) is 0 Å². The predicted octanol–water partition coefficient (Wildman–Crippen LogP) is 2.37. The molecule has 0 aliphatic carbocycles. The van der Waals surface area contributed by atoms with Crippen LogP contribution in [0.1, 0.15) is 22.3 Å². The van der Waals surface area contributed by atoms with Crippen molar-refractivity contribution in [3.05, 3.63) is 35.4 Å². The number of ether oxygens (including phenoxy) is 1. The number of esters is 1. The Morgan fingerprint density at radius 2 is 2.06 bits per heavy atom. The van der Waals surface area contributed by atoms with Crippen LogP contribution in [-0.4, -0.2) is 24.2 Å². The van der Waals surface area contributed by atoms with Gasteiger partial charge in [0.2, 0.25) is 0 Å². The van der Waals surface area contributed by atoms with Crippen molar-refractivity contribution < 1.29 is 14.3 Å². The molecule has 4 heteroatoms. The fraction of sp³-hybridized carbons (Fsp3) is 0.333. The highest BCUT2D eigenvalue weighted by Gasteiger charge is 2.05. The van der Waals surface area contributed by atoms with Crippen molar-refractivity contribution in [2.75, 3.05) is 7.11 Å². The lowest BCUT2D eigenvalue weighted by molar-refractivity contribution is -0.107. The molecule has 0 aromatic heterocycles. The molecule has 0 radical (unpaired) electrons. The smallest absolute Gasteiger partial charge is 0.337 e. The molecule has 0 saturated heterocycles. The first-order chi connectivity index (χ1) is 7.67. The molecule has 16 heavy (non-hydrogen) atoms. The van der Waals surface area contributed by atoms with Crippen LogP contribution in [0.3, 0.4) is 0 Å². The van der Waals surface area contributed by atoms with Gasteiger partial charge in [-0.25, -0.2) is 4.79 Å². The van der Waals surface area contributed by atoms with E-state index in [0.29, 0.717) is 5.56 Å². The summed E-state index contributed by atoms with van der Waals surface area (Å²) in [5, 5.41) is 0. The van der Waals surface area contributed by atoms with Crippen LogP contribution in [0.2, 0.25) is 0 Å². The van der Waals surface area contributed by atoms with Crippen LogP contribution in [0.4, 0.5) is 0 Å². The molecular formula is C12H13BrO3. The maximum Gasteiger partial charge on any atom is 0.337 e. The molecule has 1 unspecified atom stereocenters. The molecule has 1 aromatic rings. The number of rotatable bonds is 5. The van der Waals surface area contributed by atoms with Gasteiger partial charge in [-0.05, 0) is 30.5 Å². The van der Waals surface area contributed by atoms with Crippen LogP contribution < -0.4 is 0 Å². The number of carbonyl (C=O) groups excluding carboxylic acids is 2. The highest BCUT2D eigenvalue weighted by molar-refractivity contribution is 9.09. The van der Waals surface area contributed by atoms with Crippen LogP contribution in [0.15, 0.2) is 24.3 Å². The fourth-order valence-electron chi connectivity index (χ4n) is 1.30. The largest absolute Gasteiger partial charge is 0.465 e. The topological polar surface area (TPSA) is 43.4 Å². The Morgan fingerprint density at radius 3 is 2.56 bits per heavy atom. The fourth-order valence-corrected chi connectivity index (χ4v) is 1.53. The SMILES string of the molecule is COC(=O)c1ccc(CCC(Br)C=O)cc1. The monoisotopic (exact) mass is 284 g/mol. The molecule has 0 saturated carbocycles. The third-order valence-electron chi connectivity index (χ3n) is 2.23. The second kappa shape index (κ2) is 6.43. The van der Waals surface area contributed by atoms with E-state index in [2.05, 4.69) is 20.7 Å². The first-order valence-electron chi connectivity index (χ1n) is 4.94. The number of halogens is 1. The second-order valence-corrected chi connectivity index (χ2v) is 4.56.